The van der Waals surface area contributed by atoms with E-state index in [2.05, 4.69) is 66.9 Å². The molecule has 4 aromatic rings. The minimum absolute atomic E-state index is 0.705. The number of nitriles is 1. The minimum Gasteiger partial charge on any atom is -0.323 e. The lowest BCUT2D eigenvalue weighted by Gasteiger charge is -2.10. The molecule has 0 saturated heterocycles. The first-order valence-electron chi connectivity index (χ1n) is 9.74. The second-order valence-electron chi connectivity index (χ2n) is 7.16. The molecule has 0 unspecified atom stereocenters. The summed E-state index contributed by atoms with van der Waals surface area (Å²) in [6, 6.07) is 24.9. The topological polar surface area (TPSA) is 41.6 Å². The van der Waals surface area contributed by atoms with Crippen LogP contribution in [-0.4, -0.2) is 9.55 Å². The van der Waals surface area contributed by atoms with Crippen molar-refractivity contribution < 1.29 is 0 Å². The van der Waals surface area contributed by atoms with E-state index in [1.807, 2.05) is 24.3 Å². The van der Waals surface area contributed by atoms with Crippen LogP contribution in [0.25, 0.3) is 22.2 Å². The van der Waals surface area contributed by atoms with Crippen LogP contribution in [0.3, 0.4) is 0 Å². The normalized spacial score (nSPS) is 10.9. The van der Waals surface area contributed by atoms with Gasteiger partial charge in [0, 0.05) is 13.0 Å². The fraction of sp³-hybridized carbons (Fsp3) is 0.200. The van der Waals surface area contributed by atoms with Gasteiger partial charge in [0.2, 0.25) is 0 Å². The molecule has 0 bridgehead atoms. The van der Waals surface area contributed by atoms with Crippen LogP contribution in [0.15, 0.2) is 66.7 Å². The first-order valence-corrected chi connectivity index (χ1v) is 9.74. The van der Waals surface area contributed by atoms with Crippen molar-refractivity contribution in [3.8, 4) is 17.2 Å². The van der Waals surface area contributed by atoms with Crippen molar-refractivity contribution in [1.29, 1.82) is 5.26 Å². The zero-order valence-electron chi connectivity index (χ0n) is 16.3. The molecule has 0 radical (unpaired) electrons. The maximum atomic E-state index is 9.35. The number of para-hydroxylation sites is 1. The van der Waals surface area contributed by atoms with E-state index in [9.17, 15) is 5.26 Å². The maximum absolute atomic E-state index is 9.35. The van der Waals surface area contributed by atoms with E-state index in [-0.39, 0.29) is 0 Å². The monoisotopic (exact) mass is 365 g/mol. The number of imidazole rings is 1. The van der Waals surface area contributed by atoms with Gasteiger partial charge >= 0.3 is 0 Å². The molecule has 0 fully saturated rings. The highest BCUT2D eigenvalue weighted by Crippen LogP contribution is 2.25. The van der Waals surface area contributed by atoms with Gasteiger partial charge in [0.25, 0.3) is 0 Å². The van der Waals surface area contributed by atoms with Gasteiger partial charge in [-0.15, -0.1) is 0 Å². The summed E-state index contributed by atoms with van der Waals surface area (Å²) in [6.07, 6.45) is 2.05. The second-order valence-corrected chi connectivity index (χ2v) is 7.16. The quantitative estimate of drug-likeness (QED) is 0.443. The van der Waals surface area contributed by atoms with Gasteiger partial charge in [-0.2, -0.15) is 5.26 Å². The highest BCUT2D eigenvalue weighted by atomic mass is 15.1. The number of aromatic nitrogens is 2. The molecular formula is C25H23N3. The molecule has 0 aliphatic carbocycles. The van der Waals surface area contributed by atoms with Gasteiger partial charge < -0.3 is 4.57 Å². The number of fused-ring (bicyclic) bond motifs is 1. The molecule has 3 nitrogen and oxygen atoms in total. The lowest BCUT2D eigenvalue weighted by molar-refractivity contribution is 0.722. The van der Waals surface area contributed by atoms with Crippen molar-refractivity contribution in [2.75, 3.05) is 0 Å². The van der Waals surface area contributed by atoms with Crippen LogP contribution in [0.5, 0.6) is 0 Å². The van der Waals surface area contributed by atoms with Gasteiger partial charge in [0.15, 0.2) is 0 Å². The van der Waals surface area contributed by atoms with Crippen molar-refractivity contribution in [2.45, 2.75) is 33.2 Å². The number of benzene rings is 3. The Morgan fingerprint density at radius 1 is 0.964 bits per heavy atom. The SMILES string of the molecule is CCCc1nc2c(C)cccc2n1Cc1ccc(-c2ccccc2C#N)cc1. The third-order valence-corrected chi connectivity index (χ3v) is 5.19. The average Bonchev–Trinajstić information content (AvgIpc) is 3.07. The van der Waals surface area contributed by atoms with Gasteiger partial charge in [0.1, 0.15) is 5.82 Å². The molecular weight excluding hydrogens is 342 g/mol. The number of rotatable bonds is 5. The minimum atomic E-state index is 0.705. The van der Waals surface area contributed by atoms with Crippen molar-refractivity contribution in [1.82, 2.24) is 9.55 Å². The zero-order valence-corrected chi connectivity index (χ0v) is 16.3. The van der Waals surface area contributed by atoms with E-state index in [0.717, 1.165) is 41.9 Å². The summed E-state index contributed by atoms with van der Waals surface area (Å²) in [5.74, 6) is 1.14. The van der Waals surface area contributed by atoms with E-state index in [0.29, 0.717) is 5.56 Å². The molecule has 1 aromatic heterocycles. The summed E-state index contributed by atoms with van der Waals surface area (Å²) < 4.78 is 2.34. The highest BCUT2D eigenvalue weighted by Gasteiger charge is 2.12. The summed E-state index contributed by atoms with van der Waals surface area (Å²) in [5, 5.41) is 9.35. The Balaban J connectivity index is 1.70. The first-order chi connectivity index (χ1) is 13.7. The summed E-state index contributed by atoms with van der Waals surface area (Å²) in [6.45, 7) is 5.12. The van der Waals surface area contributed by atoms with E-state index < -0.39 is 0 Å². The Labute approximate surface area is 165 Å². The molecule has 0 spiro atoms. The molecule has 3 heteroatoms. The lowest BCUT2D eigenvalue weighted by atomic mass is 9.99. The molecule has 0 N–H and O–H groups in total. The fourth-order valence-electron chi connectivity index (χ4n) is 3.73. The van der Waals surface area contributed by atoms with Crippen molar-refractivity contribution in [3.63, 3.8) is 0 Å². The van der Waals surface area contributed by atoms with Gasteiger partial charge in [-0.05, 0) is 47.7 Å². The fourth-order valence-corrected chi connectivity index (χ4v) is 3.73. The van der Waals surface area contributed by atoms with Crippen molar-refractivity contribution >= 4 is 11.0 Å². The number of hydrogen-bond donors (Lipinski definition) is 0. The number of hydrogen-bond acceptors (Lipinski definition) is 2. The number of aryl methyl sites for hydroxylation is 2. The lowest BCUT2D eigenvalue weighted by Crippen LogP contribution is -2.05. The van der Waals surface area contributed by atoms with Crippen LogP contribution in [0.2, 0.25) is 0 Å². The largest absolute Gasteiger partial charge is 0.323 e. The summed E-state index contributed by atoms with van der Waals surface area (Å²) in [5.41, 5.74) is 7.51. The standard InChI is InChI=1S/C25H23N3/c1-3-7-24-27-25-18(2)8-6-11-23(25)28(24)17-19-12-14-20(15-13-19)22-10-5-4-9-21(22)16-26/h4-6,8-15H,3,7,17H2,1-2H3. The van der Waals surface area contributed by atoms with Crippen LogP contribution in [-0.2, 0) is 13.0 Å². The summed E-state index contributed by atoms with van der Waals surface area (Å²) in [7, 11) is 0. The predicted octanol–water partition coefficient (Wildman–Crippen LogP) is 5.88. The Morgan fingerprint density at radius 3 is 2.50 bits per heavy atom. The van der Waals surface area contributed by atoms with E-state index in [1.54, 1.807) is 0 Å². The molecule has 0 amide bonds. The van der Waals surface area contributed by atoms with Crippen molar-refractivity contribution in [2.24, 2.45) is 0 Å². The van der Waals surface area contributed by atoms with Crippen LogP contribution in [0.1, 0.15) is 35.9 Å². The van der Waals surface area contributed by atoms with Crippen LogP contribution in [0.4, 0.5) is 0 Å². The molecule has 1 heterocycles. The average molecular weight is 365 g/mol. The molecule has 0 saturated carbocycles. The zero-order chi connectivity index (χ0) is 19.5. The molecule has 0 aliphatic heterocycles. The van der Waals surface area contributed by atoms with Gasteiger partial charge in [-0.3, -0.25) is 0 Å². The van der Waals surface area contributed by atoms with Gasteiger partial charge in [-0.1, -0.05) is 61.5 Å². The summed E-state index contributed by atoms with van der Waals surface area (Å²) >= 11 is 0. The van der Waals surface area contributed by atoms with E-state index in [4.69, 9.17) is 4.98 Å². The van der Waals surface area contributed by atoms with E-state index in [1.165, 1.54) is 16.6 Å². The van der Waals surface area contributed by atoms with Crippen LogP contribution < -0.4 is 0 Å². The molecule has 28 heavy (non-hydrogen) atoms. The van der Waals surface area contributed by atoms with Crippen LogP contribution >= 0.6 is 0 Å². The first kappa shape index (κ1) is 18.0. The molecule has 3 aromatic carbocycles. The third kappa shape index (κ3) is 3.30. The highest BCUT2D eigenvalue weighted by molar-refractivity contribution is 5.79. The second kappa shape index (κ2) is 7.70. The van der Waals surface area contributed by atoms with Crippen LogP contribution in [0, 0.1) is 18.3 Å². The smallest absolute Gasteiger partial charge is 0.110 e. The Hall–Kier alpha value is -3.38. The Morgan fingerprint density at radius 2 is 1.75 bits per heavy atom. The predicted molar refractivity (Wildman–Crippen MR) is 114 cm³/mol. The summed E-state index contributed by atoms with van der Waals surface area (Å²) in [4.78, 5) is 4.91. The molecule has 0 atom stereocenters. The van der Waals surface area contributed by atoms with Gasteiger partial charge in [0.05, 0.1) is 22.7 Å². The molecule has 138 valence electrons. The van der Waals surface area contributed by atoms with Crippen molar-refractivity contribution in [3.05, 3.63) is 89.2 Å². The Bertz CT molecular complexity index is 1160. The van der Waals surface area contributed by atoms with Gasteiger partial charge in [-0.25, -0.2) is 4.98 Å². The maximum Gasteiger partial charge on any atom is 0.110 e. The molecule has 0 aliphatic rings. The number of nitrogens with zero attached hydrogens (tertiary/aromatic N) is 3. The Kier molecular flexibility index (Phi) is 4.95. The molecule has 4 rings (SSSR count). The third-order valence-electron chi connectivity index (χ3n) is 5.19. The van der Waals surface area contributed by atoms with E-state index >= 15 is 0 Å².